The molecule has 0 radical (unpaired) electrons. The molecular weight excluding hydrogens is 293 g/mol. The largest absolute Gasteiger partial charge is 0.382 e. The van der Waals surface area contributed by atoms with E-state index >= 15 is 0 Å². The molecule has 23 heavy (non-hydrogen) atoms. The molecule has 0 bridgehead atoms. The third-order valence-corrected chi connectivity index (χ3v) is 3.99. The van der Waals surface area contributed by atoms with E-state index in [1.165, 1.54) is 12.1 Å². The fraction of sp³-hybridized carbons (Fsp3) is 0.333. The normalized spacial score (nSPS) is 12.6. The van der Waals surface area contributed by atoms with Crippen LogP contribution in [0.5, 0.6) is 0 Å². The van der Waals surface area contributed by atoms with E-state index < -0.39 is 0 Å². The molecule has 2 heterocycles. The van der Waals surface area contributed by atoms with Crippen molar-refractivity contribution in [1.29, 1.82) is 0 Å². The van der Waals surface area contributed by atoms with Gasteiger partial charge in [0.15, 0.2) is 0 Å². The first-order chi connectivity index (χ1) is 10.9. The standard InChI is InChI=1S/C18H20FN3O/c1-10(7-15-12(3)22-23-13(15)4)21-18-8-11(2)20-17-6-5-14(19)9-16(17)18/h5-6,8-10H,7H2,1-4H3,(H,20,21). The Morgan fingerprint density at radius 3 is 2.70 bits per heavy atom. The van der Waals surface area contributed by atoms with Crippen molar-refractivity contribution in [2.75, 3.05) is 5.32 Å². The molecule has 1 aromatic carbocycles. The van der Waals surface area contributed by atoms with Crippen LogP contribution in [0.1, 0.15) is 29.6 Å². The number of anilines is 1. The van der Waals surface area contributed by atoms with Gasteiger partial charge in [0.25, 0.3) is 0 Å². The minimum Gasteiger partial charge on any atom is -0.382 e. The molecule has 5 heteroatoms. The maximum atomic E-state index is 13.6. The lowest BCUT2D eigenvalue weighted by Crippen LogP contribution is -2.19. The summed E-state index contributed by atoms with van der Waals surface area (Å²) in [6, 6.07) is 6.77. The number of rotatable bonds is 4. The Morgan fingerprint density at radius 2 is 2.00 bits per heavy atom. The molecule has 0 aliphatic carbocycles. The number of aryl methyl sites for hydroxylation is 3. The Hall–Kier alpha value is -2.43. The summed E-state index contributed by atoms with van der Waals surface area (Å²) < 4.78 is 18.8. The zero-order valence-corrected chi connectivity index (χ0v) is 13.8. The monoisotopic (exact) mass is 313 g/mol. The van der Waals surface area contributed by atoms with Crippen molar-refractivity contribution >= 4 is 16.6 Å². The Balaban J connectivity index is 1.90. The number of nitrogens with zero attached hydrogens (tertiary/aromatic N) is 2. The first-order valence-corrected chi connectivity index (χ1v) is 7.69. The summed E-state index contributed by atoms with van der Waals surface area (Å²) in [5.41, 5.74) is 4.62. The van der Waals surface area contributed by atoms with Crippen LogP contribution in [-0.4, -0.2) is 16.2 Å². The molecular formula is C18H20FN3O. The molecule has 1 N–H and O–H groups in total. The molecule has 2 aromatic heterocycles. The Kier molecular flexibility index (Phi) is 4.03. The van der Waals surface area contributed by atoms with Gasteiger partial charge in [-0.3, -0.25) is 4.98 Å². The van der Waals surface area contributed by atoms with Crippen molar-refractivity contribution in [2.45, 2.75) is 40.2 Å². The average molecular weight is 313 g/mol. The zero-order chi connectivity index (χ0) is 16.6. The second-order valence-electron chi connectivity index (χ2n) is 6.02. The van der Waals surface area contributed by atoms with Gasteiger partial charge >= 0.3 is 0 Å². The van der Waals surface area contributed by atoms with E-state index in [1.54, 1.807) is 6.07 Å². The molecule has 120 valence electrons. The fourth-order valence-electron chi connectivity index (χ4n) is 2.87. The quantitative estimate of drug-likeness (QED) is 0.779. The molecule has 3 rings (SSSR count). The topological polar surface area (TPSA) is 51.0 Å². The third kappa shape index (κ3) is 3.18. The van der Waals surface area contributed by atoms with Gasteiger partial charge in [-0.15, -0.1) is 0 Å². The number of aromatic nitrogens is 2. The molecule has 0 saturated carbocycles. The van der Waals surface area contributed by atoms with Crippen molar-refractivity contribution in [1.82, 2.24) is 10.1 Å². The lowest BCUT2D eigenvalue weighted by Gasteiger charge is -2.17. The van der Waals surface area contributed by atoms with Crippen LogP contribution in [0.15, 0.2) is 28.8 Å². The Bertz CT molecular complexity index is 837. The van der Waals surface area contributed by atoms with Crippen molar-refractivity contribution in [3.05, 3.63) is 52.8 Å². The van der Waals surface area contributed by atoms with Gasteiger partial charge in [-0.25, -0.2) is 4.39 Å². The molecule has 0 amide bonds. The summed E-state index contributed by atoms with van der Waals surface area (Å²) in [6.45, 7) is 7.89. The molecule has 4 nitrogen and oxygen atoms in total. The van der Waals surface area contributed by atoms with Crippen LogP contribution in [0.25, 0.3) is 10.9 Å². The predicted molar refractivity (Wildman–Crippen MR) is 89.2 cm³/mol. The van der Waals surface area contributed by atoms with Gasteiger partial charge in [0.2, 0.25) is 0 Å². The van der Waals surface area contributed by atoms with Crippen molar-refractivity contribution in [3.63, 3.8) is 0 Å². The summed E-state index contributed by atoms with van der Waals surface area (Å²) in [5.74, 6) is 0.586. The molecule has 1 unspecified atom stereocenters. The number of benzene rings is 1. The number of fused-ring (bicyclic) bond motifs is 1. The first kappa shape index (κ1) is 15.5. The van der Waals surface area contributed by atoms with Crippen LogP contribution >= 0.6 is 0 Å². The highest BCUT2D eigenvalue weighted by atomic mass is 19.1. The second kappa shape index (κ2) is 5.99. The van der Waals surface area contributed by atoms with Crippen LogP contribution in [0.2, 0.25) is 0 Å². The third-order valence-electron chi connectivity index (χ3n) is 3.99. The van der Waals surface area contributed by atoms with E-state index in [4.69, 9.17) is 4.52 Å². The molecule has 0 fully saturated rings. The summed E-state index contributed by atoms with van der Waals surface area (Å²) in [4.78, 5) is 4.46. The highest BCUT2D eigenvalue weighted by Crippen LogP contribution is 2.25. The summed E-state index contributed by atoms with van der Waals surface area (Å²) in [5, 5.41) is 8.25. The van der Waals surface area contributed by atoms with Crippen molar-refractivity contribution < 1.29 is 8.91 Å². The molecule has 3 aromatic rings. The fourth-order valence-corrected chi connectivity index (χ4v) is 2.87. The number of hydrogen-bond acceptors (Lipinski definition) is 4. The van der Waals surface area contributed by atoms with Crippen molar-refractivity contribution in [3.8, 4) is 0 Å². The van der Waals surface area contributed by atoms with Gasteiger partial charge < -0.3 is 9.84 Å². The maximum absolute atomic E-state index is 13.6. The van der Waals surface area contributed by atoms with E-state index in [1.807, 2.05) is 26.8 Å². The summed E-state index contributed by atoms with van der Waals surface area (Å²) >= 11 is 0. The van der Waals surface area contributed by atoms with Crippen molar-refractivity contribution in [2.24, 2.45) is 0 Å². The van der Waals surface area contributed by atoms with Crippen LogP contribution in [-0.2, 0) is 6.42 Å². The zero-order valence-electron chi connectivity index (χ0n) is 13.8. The maximum Gasteiger partial charge on any atom is 0.137 e. The minimum absolute atomic E-state index is 0.153. The lowest BCUT2D eigenvalue weighted by atomic mass is 10.0. The van der Waals surface area contributed by atoms with Gasteiger partial charge in [-0.1, -0.05) is 5.16 Å². The van der Waals surface area contributed by atoms with Crippen LogP contribution in [0.3, 0.4) is 0 Å². The molecule has 0 spiro atoms. The molecule has 1 atom stereocenters. The second-order valence-corrected chi connectivity index (χ2v) is 6.02. The van der Waals surface area contributed by atoms with Crippen LogP contribution in [0.4, 0.5) is 10.1 Å². The van der Waals surface area contributed by atoms with Crippen LogP contribution < -0.4 is 5.32 Å². The van der Waals surface area contributed by atoms with E-state index in [0.29, 0.717) is 0 Å². The number of pyridine rings is 1. The lowest BCUT2D eigenvalue weighted by molar-refractivity contribution is 0.392. The van der Waals surface area contributed by atoms with Crippen LogP contribution in [0, 0.1) is 26.6 Å². The minimum atomic E-state index is -0.260. The first-order valence-electron chi connectivity index (χ1n) is 7.69. The average Bonchev–Trinajstić information content (AvgIpc) is 2.80. The molecule has 0 aliphatic heterocycles. The van der Waals surface area contributed by atoms with Gasteiger partial charge in [-0.05, 0) is 58.4 Å². The Morgan fingerprint density at radius 1 is 1.22 bits per heavy atom. The predicted octanol–water partition coefficient (Wildman–Crippen LogP) is 4.33. The highest BCUT2D eigenvalue weighted by molar-refractivity contribution is 5.91. The SMILES string of the molecule is Cc1cc(NC(C)Cc2c(C)noc2C)c2cc(F)ccc2n1. The van der Waals surface area contributed by atoms with Gasteiger partial charge in [0.05, 0.1) is 11.2 Å². The molecule has 0 saturated heterocycles. The van der Waals surface area contributed by atoms with Gasteiger partial charge in [0, 0.05) is 28.4 Å². The highest BCUT2D eigenvalue weighted by Gasteiger charge is 2.14. The number of halogens is 1. The summed E-state index contributed by atoms with van der Waals surface area (Å²) in [6.07, 6.45) is 0.791. The van der Waals surface area contributed by atoms with E-state index in [9.17, 15) is 4.39 Å². The van der Waals surface area contributed by atoms with Gasteiger partial charge in [-0.2, -0.15) is 0 Å². The van der Waals surface area contributed by atoms with E-state index in [-0.39, 0.29) is 11.9 Å². The number of hydrogen-bond donors (Lipinski definition) is 1. The smallest absolute Gasteiger partial charge is 0.137 e. The molecule has 0 aliphatic rings. The van der Waals surface area contributed by atoms with E-state index in [0.717, 1.165) is 45.7 Å². The summed E-state index contributed by atoms with van der Waals surface area (Å²) in [7, 11) is 0. The Labute approximate surface area is 134 Å². The van der Waals surface area contributed by atoms with E-state index in [2.05, 4.69) is 22.4 Å². The number of nitrogens with one attached hydrogen (secondary N) is 1. The van der Waals surface area contributed by atoms with Gasteiger partial charge in [0.1, 0.15) is 11.6 Å².